The Morgan fingerprint density at radius 1 is 0.429 bits per heavy atom. The normalized spacial score (nSPS) is 11.1. The molecule has 7 aromatic rings. The summed E-state index contributed by atoms with van der Waals surface area (Å²) in [4.78, 5) is 2.36. The molecule has 1 heterocycles. The van der Waals surface area contributed by atoms with Gasteiger partial charge < -0.3 is 9.47 Å². The van der Waals surface area contributed by atoms with E-state index in [4.69, 9.17) is 0 Å². The van der Waals surface area contributed by atoms with Gasteiger partial charge in [-0.05, 0) is 96.3 Å². The van der Waals surface area contributed by atoms with Crippen molar-refractivity contribution >= 4 is 28.0 Å². The van der Waals surface area contributed by atoms with Gasteiger partial charge in [-0.3, -0.25) is 0 Å². The number of hydrogen-bond donors (Lipinski definition) is 0. The molecule has 0 unspecified atom stereocenters. The first kappa shape index (κ1) is 25.6. The van der Waals surface area contributed by atoms with Crippen molar-refractivity contribution in [2.75, 3.05) is 4.90 Å². The Bertz CT molecular complexity index is 1870. The van der Waals surface area contributed by atoms with Crippen LogP contribution in [0.5, 0.6) is 0 Å². The van der Waals surface area contributed by atoms with Crippen LogP contribution in [0.3, 0.4) is 0 Å². The molecule has 0 fully saturated rings. The minimum absolute atomic E-state index is 1.12. The van der Waals surface area contributed by atoms with E-state index in [1.54, 1.807) is 0 Å². The molecule has 0 aliphatic rings. The molecule has 2 heteroatoms. The second kappa shape index (κ2) is 10.9. The van der Waals surface area contributed by atoms with Crippen LogP contribution in [-0.4, -0.2) is 4.57 Å². The Hall–Kier alpha value is -5.34. The lowest BCUT2D eigenvalue weighted by Crippen LogP contribution is -2.10. The Labute approximate surface area is 247 Å². The van der Waals surface area contributed by atoms with E-state index >= 15 is 0 Å². The lowest BCUT2D eigenvalue weighted by Gasteiger charge is -2.26. The van der Waals surface area contributed by atoms with Crippen molar-refractivity contribution in [1.82, 2.24) is 4.57 Å². The molecule has 2 nitrogen and oxygen atoms in total. The van der Waals surface area contributed by atoms with E-state index in [1.165, 1.54) is 50.1 Å². The predicted octanol–water partition coefficient (Wildman–Crippen LogP) is 11.1. The van der Waals surface area contributed by atoms with E-state index in [0.29, 0.717) is 0 Å². The zero-order valence-electron chi connectivity index (χ0n) is 23.9. The molecule has 7 rings (SSSR count). The first-order chi connectivity index (χ1) is 20.7. The lowest BCUT2D eigenvalue weighted by atomic mass is 10.0. The van der Waals surface area contributed by atoms with Crippen LogP contribution in [-0.2, 0) is 0 Å². The van der Waals surface area contributed by atoms with Gasteiger partial charge in [0.15, 0.2) is 0 Å². The molecule has 0 amide bonds. The number of aromatic nitrogens is 1. The van der Waals surface area contributed by atoms with Crippen molar-refractivity contribution in [1.29, 1.82) is 0 Å². The van der Waals surface area contributed by atoms with E-state index in [-0.39, 0.29) is 0 Å². The van der Waals surface area contributed by atoms with E-state index < -0.39 is 0 Å². The molecule has 0 spiro atoms. The van der Waals surface area contributed by atoms with Crippen LogP contribution < -0.4 is 4.90 Å². The van der Waals surface area contributed by atoms with Crippen molar-refractivity contribution in [2.24, 2.45) is 0 Å². The standard InChI is InChI=1S/C40H32N2/c1-29-30(2)41(35-16-10-5-11-17-35)40-27-26-38(28-39(29)40)42(36-22-18-33(19-23-36)31-12-6-3-7-13-31)37-24-20-34(21-25-37)32-14-8-4-9-15-32/h3-28H,1-2H3. The lowest BCUT2D eigenvalue weighted by molar-refractivity contribution is 1.04. The van der Waals surface area contributed by atoms with Gasteiger partial charge >= 0.3 is 0 Å². The third-order valence-corrected chi connectivity index (χ3v) is 8.24. The molecule has 6 aromatic carbocycles. The van der Waals surface area contributed by atoms with E-state index in [0.717, 1.165) is 17.1 Å². The molecule has 0 saturated heterocycles. The molecule has 0 radical (unpaired) electrons. The summed E-state index contributed by atoms with van der Waals surface area (Å²) in [6.07, 6.45) is 0. The predicted molar refractivity (Wildman–Crippen MR) is 178 cm³/mol. The summed E-state index contributed by atoms with van der Waals surface area (Å²) in [6, 6.07) is 56.4. The molecular formula is C40H32N2. The fourth-order valence-corrected chi connectivity index (χ4v) is 5.93. The number of rotatable bonds is 6. The second-order valence-corrected chi connectivity index (χ2v) is 10.7. The van der Waals surface area contributed by atoms with Crippen molar-refractivity contribution in [3.63, 3.8) is 0 Å². The summed E-state index contributed by atoms with van der Waals surface area (Å²) in [7, 11) is 0. The highest BCUT2D eigenvalue weighted by molar-refractivity contribution is 5.92. The topological polar surface area (TPSA) is 8.17 Å². The first-order valence-electron chi connectivity index (χ1n) is 14.5. The number of aryl methyl sites for hydroxylation is 1. The number of hydrogen-bond acceptors (Lipinski definition) is 1. The largest absolute Gasteiger partial charge is 0.314 e. The highest BCUT2D eigenvalue weighted by Gasteiger charge is 2.18. The van der Waals surface area contributed by atoms with Gasteiger partial charge in [0.1, 0.15) is 0 Å². The maximum absolute atomic E-state index is 2.36. The van der Waals surface area contributed by atoms with Crippen LogP contribution in [0.1, 0.15) is 11.3 Å². The summed E-state index contributed by atoms with van der Waals surface area (Å²) < 4.78 is 2.36. The van der Waals surface area contributed by atoms with Crippen LogP contribution in [0.25, 0.3) is 38.8 Å². The van der Waals surface area contributed by atoms with E-state index in [2.05, 4.69) is 181 Å². The van der Waals surface area contributed by atoms with Crippen LogP contribution in [0.15, 0.2) is 158 Å². The average molecular weight is 541 g/mol. The summed E-state index contributed by atoms with van der Waals surface area (Å²) in [5, 5.41) is 1.26. The third-order valence-electron chi connectivity index (χ3n) is 8.24. The Kier molecular flexibility index (Phi) is 6.65. The fraction of sp³-hybridized carbons (Fsp3) is 0.0500. The third kappa shape index (κ3) is 4.67. The fourth-order valence-electron chi connectivity index (χ4n) is 5.93. The monoisotopic (exact) mass is 540 g/mol. The summed E-state index contributed by atoms with van der Waals surface area (Å²) in [5.74, 6) is 0. The summed E-state index contributed by atoms with van der Waals surface area (Å²) >= 11 is 0. The Morgan fingerprint density at radius 3 is 1.36 bits per heavy atom. The smallest absolute Gasteiger partial charge is 0.0535 e. The van der Waals surface area contributed by atoms with Gasteiger partial charge in [0, 0.05) is 33.8 Å². The van der Waals surface area contributed by atoms with Gasteiger partial charge in [-0.25, -0.2) is 0 Å². The van der Waals surface area contributed by atoms with Crippen LogP contribution in [0, 0.1) is 13.8 Å². The minimum Gasteiger partial charge on any atom is -0.314 e. The minimum atomic E-state index is 1.12. The molecule has 42 heavy (non-hydrogen) atoms. The maximum Gasteiger partial charge on any atom is 0.0535 e. The molecule has 202 valence electrons. The zero-order chi connectivity index (χ0) is 28.5. The average Bonchev–Trinajstić information content (AvgIpc) is 3.32. The van der Waals surface area contributed by atoms with Gasteiger partial charge in [0.25, 0.3) is 0 Å². The maximum atomic E-state index is 2.36. The molecule has 0 bridgehead atoms. The van der Waals surface area contributed by atoms with Crippen molar-refractivity contribution in [2.45, 2.75) is 13.8 Å². The first-order valence-corrected chi connectivity index (χ1v) is 14.5. The highest BCUT2D eigenvalue weighted by atomic mass is 15.1. The van der Waals surface area contributed by atoms with Crippen LogP contribution >= 0.6 is 0 Å². The summed E-state index contributed by atoms with van der Waals surface area (Å²) in [5.41, 5.74) is 13.2. The summed E-state index contributed by atoms with van der Waals surface area (Å²) in [6.45, 7) is 4.44. The van der Waals surface area contributed by atoms with Crippen molar-refractivity contribution in [3.05, 3.63) is 169 Å². The highest BCUT2D eigenvalue weighted by Crippen LogP contribution is 2.39. The van der Waals surface area contributed by atoms with Crippen LogP contribution in [0.4, 0.5) is 17.1 Å². The Balaban J connectivity index is 1.35. The number of anilines is 3. The zero-order valence-corrected chi connectivity index (χ0v) is 23.9. The van der Waals surface area contributed by atoms with E-state index in [9.17, 15) is 0 Å². The van der Waals surface area contributed by atoms with E-state index in [1.807, 2.05) is 0 Å². The SMILES string of the molecule is Cc1c(C)n(-c2ccccc2)c2ccc(N(c3ccc(-c4ccccc4)cc3)c3ccc(-c4ccccc4)cc3)cc12. The van der Waals surface area contributed by atoms with Gasteiger partial charge in [0.2, 0.25) is 0 Å². The molecule has 1 aromatic heterocycles. The molecule has 0 N–H and O–H groups in total. The van der Waals surface area contributed by atoms with Gasteiger partial charge in [-0.2, -0.15) is 0 Å². The number of fused-ring (bicyclic) bond motifs is 1. The Morgan fingerprint density at radius 2 is 0.857 bits per heavy atom. The molecule has 0 atom stereocenters. The number of para-hydroxylation sites is 1. The molecule has 0 aliphatic heterocycles. The van der Waals surface area contributed by atoms with Gasteiger partial charge in [0.05, 0.1) is 5.52 Å². The van der Waals surface area contributed by atoms with Gasteiger partial charge in [-0.15, -0.1) is 0 Å². The molecule has 0 aliphatic carbocycles. The molecular weight excluding hydrogens is 508 g/mol. The number of benzene rings is 6. The van der Waals surface area contributed by atoms with Crippen LogP contribution in [0.2, 0.25) is 0 Å². The van der Waals surface area contributed by atoms with Gasteiger partial charge in [-0.1, -0.05) is 103 Å². The molecule has 0 saturated carbocycles. The quantitative estimate of drug-likeness (QED) is 0.204. The van der Waals surface area contributed by atoms with Crippen molar-refractivity contribution in [3.8, 4) is 27.9 Å². The van der Waals surface area contributed by atoms with Crippen molar-refractivity contribution < 1.29 is 0 Å². The second-order valence-electron chi connectivity index (χ2n) is 10.7. The number of nitrogens with zero attached hydrogens (tertiary/aromatic N) is 2.